The normalized spacial score (nSPS) is 12.3. The van der Waals surface area contributed by atoms with Crippen LogP contribution in [0.3, 0.4) is 0 Å². The van der Waals surface area contributed by atoms with Crippen molar-refractivity contribution in [2.45, 2.75) is 53.4 Å². The lowest BCUT2D eigenvalue weighted by atomic mass is 9.91. The minimum absolute atomic E-state index is 0.0228. The standard InChI is InChI=1S/C21H28O5/c1-5-6-7-8-17(22)13-16(11-14(2)3)21(25)26-19-12-15(4)9-10-18(19)20(23)24/h6-7,9-10,12,14,16H,5,8,11,13H2,1-4H3,(H,23,24)/b7-6-. The van der Waals surface area contributed by atoms with Crippen molar-refractivity contribution in [1.82, 2.24) is 0 Å². The van der Waals surface area contributed by atoms with Crippen LogP contribution in [0.25, 0.3) is 0 Å². The summed E-state index contributed by atoms with van der Waals surface area (Å²) in [4.78, 5) is 36.1. The van der Waals surface area contributed by atoms with Crippen molar-refractivity contribution in [1.29, 1.82) is 0 Å². The van der Waals surface area contributed by atoms with Gasteiger partial charge in [0.05, 0.1) is 5.92 Å². The van der Waals surface area contributed by atoms with Gasteiger partial charge in [0.1, 0.15) is 17.1 Å². The van der Waals surface area contributed by atoms with Crippen LogP contribution in [0.1, 0.15) is 62.4 Å². The number of aryl methyl sites for hydroxylation is 1. The van der Waals surface area contributed by atoms with Gasteiger partial charge in [0.2, 0.25) is 0 Å². The Kier molecular flexibility index (Phi) is 8.76. The Labute approximate surface area is 155 Å². The molecule has 142 valence electrons. The number of hydrogen-bond donors (Lipinski definition) is 1. The van der Waals surface area contributed by atoms with E-state index in [1.807, 2.05) is 32.9 Å². The van der Waals surface area contributed by atoms with Crippen LogP contribution >= 0.6 is 0 Å². The number of Topliss-reactive ketones (excluding diaryl/α,β-unsaturated/α-hetero) is 1. The molecule has 0 aliphatic rings. The van der Waals surface area contributed by atoms with E-state index in [1.54, 1.807) is 13.0 Å². The van der Waals surface area contributed by atoms with Crippen molar-refractivity contribution in [3.8, 4) is 5.75 Å². The number of carbonyl (C=O) groups excluding carboxylic acids is 2. The summed E-state index contributed by atoms with van der Waals surface area (Å²) < 4.78 is 5.39. The van der Waals surface area contributed by atoms with E-state index in [9.17, 15) is 19.5 Å². The first kappa shape index (κ1) is 21.6. The molecule has 1 N–H and O–H groups in total. The summed E-state index contributed by atoms with van der Waals surface area (Å²) in [5.41, 5.74) is 0.725. The smallest absolute Gasteiger partial charge is 0.339 e. The Bertz CT molecular complexity index is 673. The monoisotopic (exact) mass is 360 g/mol. The molecule has 1 atom stereocenters. The van der Waals surface area contributed by atoms with Crippen LogP contribution in [0.2, 0.25) is 0 Å². The Morgan fingerprint density at radius 3 is 2.46 bits per heavy atom. The van der Waals surface area contributed by atoms with Crippen LogP contribution in [0, 0.1) is 18.8 Å². The highest BCUT2D eigenvalue weighted by atomic mass is 16.5. The molecular weight excluding hydrogens is 332 g/mol. The van der Waals surface area contributed by atoms with Crippen LogP contribution in [0.4, 0.5) is 0 Å². The number of carbonyl (C=O) groups is 3. The minimum atomic E-state index is -1.16. The van der Waals surface area contributed by atoms with Gasteiger partial charge in [0.25, 0.3) is 0 Å². The zero-order chi connectivity index (χ0) is 19.7. The number of carboxylic acid groups (broad SMARTS) is 1. The molecule has 0 heterocycles. The molecule has 5 heteroatoms. The third kappa shape index (κ3) is 7.21. The number of hydrogen-bond acceptors (Lipinski definition) is 4. The predicted molar refractivity (Wildman–Crippen MR) is 100 cm³/mol. The Morgan fingerprint density at radius 1 is 1.19 bits per heavy atom. The molecule has 0 aliphatic carbocycles. The van der Waals surface area contributed by atoms with Crippen molar-refractivity contribution in [2.24, 2.45) is 11.8 Å². The van der Waals surface area contributed by atoms with Crippen molar-refractivity contribution in [3.63, 3.8) is 0 Å². The van der Waals surface area contributed by atoms with E-state index in [0.29, 0.717) is 12.8 Å². The molecule has 0 aromatic heterocycles. The highest BCUT2D eigenvalue weighted by Gasteiger charge is 2.26. The highest BCUT2D eigenvalue weighted by molar-refractivity contribution is 5.93. The summed E-state index contributed by atoms with van der Waals surface area (Å²) in [5.74, 6) is -2.09. The number of allylic oxidation sites excluding steroid dienone is 2. The zero-order valence-corrected chi connectivity index (χ0v) is 16.0. The quantitative estimate of drug-likeness (QED) is 0.375. The van der Waals surface area contributed by atoms with Gasteiger partial charge >= 0.3 is 11.9 Å². The first-order chi connectivity index (χ1) is 12.2. The topological polar surface area (TPSA) is 80.7 Å². The van der Waals surface area contributed by atoms with Gasteiger partial charge in [-0.25, -0.2) is 4.79 Å². The van der Waals surface area contributed by atoms with Gasteiger partial charge in [0, 0.05) is 12.8 Å². The molecule has 0 spiro atoms. The van der Waals surface area contributed by atoms with Gasteiger partial charge in [-0.1, -0.05) is 39.0 Å². The lowest BCUT2D eigenvalue weighted by Crippen LogP contribution is -2.25. The van der Waals surface area contributed by atoms with Crippen molar-refractivity contribution < 1.29 is 24.2 Å². The van der Waals surface area contributed by atoms with E-state index in [-0.39, 0.29) is 29.4 Å². The average molecular weight is 360 g/mol. The molecule has 1 unspecified atom stereocenters. The maximum absolute atomic E-state index is 12.6. The molecule has 1 aromatic carbocycles. The Hall–Kier alpha value is -2.43. The molecule has 5 nitrogen and oxygen atoms in total. The van der Waals surface area contributed by atoms with Crippen LogP contribution < -0.4 is 4.74 Å². The van der Waals surface area contributed by atoms with Gasteiger partial charge in [-0.3, -0.25) is 9.59 Å². The van der Waals surface area contributed by atoms with Gasteiger partial charge in [0.15, 0.2) is 0 Å². The highest BCUT2D eigenvalue weighted by Crippen LogP contribution is 2.24. The molecule has 1 rings (SSSR count). The summed E-state index contributed by atoms with van der Waals surface area (Å²) in [6.45, 7) is 7.72. The molecule has 0 amide bonds. The molecule has 1 aromatic rings. The second-order valence-corrected chi connectivity index (χ2v) is 6.88. The largest absolute Gasteiger partial charge is 0.478 e. The molecular formula is C21H28O5. The number of aromatic carboxylic acids is 1. The second kappa shape index (κ2) is 10.5. The van der Waals surface area contributed by atoms with Crippen molar-refractivity contribution >= 4 is 17.7 Å². The molecule has 0 bridgehead atoms. The summed E-state index contributed by atoms with van der Waals surface area (Å²) in [6, 6.07) is 4.59. The SMILES string of the molecule is CC/C=C\CC(=O)CC(CC(C)C)C(=O)Oc1cc(C)ccc1C(=O)O. The van der Waals surface area contributed by atoms with E-state index in [2.05, 4.69) is 0 Å². The van der Waals surface area contributed by atoms with E-state index < -0.39 is 17.9 Å². The molecule has 26 heavy (non-hydrogen) atoms. The van der Waals surface area contributed by atoms with E-state index in [0.717, 1.165) is 12.0 Å². The van der Waals surface area contributed by atoms with E-state index >= 15 is 0 Å². The van der Waals surface area contributed by atoms with Crippen LogP contribution in [0.15, 0.2) is 30.4 Å². The molecule has 0 saturated carbocycles. The van der Waals surface area contributed by atoms with Crippen LogP contribution in [0.5, 0.6) is 5.75 Å². The second-order valence-electron chi connectivity index (χ2n) is 6.88. The lowest BCUT2D eigenvalue weighted by Gasteiger charge is -2.18. The van der Waals surface area contributed by atoms with Gasteiger partial charge in [-0.2, -0.15) is 0 Å². The van der Waals surface area contributed by atoms with Crippen LogP contribution in [-0.4, -0.2) is 22.8 Å². The number of carboxylic acids is 1. The van der Waals surface area contributed by atoms with E-state index in [4.69, 9.17) is 4.74 Å². The summed E-state index contributed by atoms with van der Waals surface area (Å²) in [7, 11) is 0. The van der Waals surface area contributed by atoms with E-state index in [1.165, 1.54) is 12.1 Å². The van der Waals surface area contributed by atoms with Gasteiger partial charge < -0.3 is 9.84 Å². The molecule has 0 radical (unpaired) electrons. The van der Waals surface area contributed by atoms with Crippen LogP contribution in [-0.2, 0) is 9.59 Å². The zero-order valence-electron chi connectivity index (χ0n) is 16.0. The summed E-state index contributed by atoms with van der Waals surface area (Å²) in [5, 5.41) is 9.27. The maximum atomic E-state index is 12.6. The Morgan fingerprint density at radius 2 is 1.88 bits per heavy atom. The number of esters is 1. The van der Waals surface area contributed by atoms with Gasteiger partial charge in [-0.05, 0) is 43.4 Å². The van der Waals surface area contributed by atoms with Crippen molar-refractivity contribution in [3.05, 3.63) is 41.5 Å². The number of ketones is 1. The van der Waals surface area contributed by atoms with Crippen molar-refractivity contribution in [2.75, 3.05) is 0 Å². The molecule has 0 aliphatic heterocycles. The minimum Gasteiger partial charge on any atom is -0.478 e. The predicted octanol–water partition coefficient (Wildman–Crippen LogP) is 4.58. The first-order valence-corrected chi connectivity index (χ1v) is 8.96. The third-order valence-corrected chi connectivity index (χ3v) is 3.89. The lowest BCUT2D eigenvalue weighted by molar-refractivity contribution is -0.141. The molecule has 0 saturated heterocycles. The average Bonchev–Trinajstić information content (AvgIpc) is 2.53. The summed E-state index contributed by atoms with van der Waals surface area (Å²) >= 11 is 0. The fraction of sp³-hybridized carbons (Fsp3) is 0.476. The first-order valence-electron chi connectivity index (χ1n) is 8.96. The molecule has 0 fully saturated rings. The fourth-order valence-electron chi connectivity index (χ4n) is 2.65. The Balaban J connectivity index is 2.93. The number of rotatable bonds is 10. The van der Waals surface area contributed by atoms with Gasteiger partial charge in [-0.15, -0.1) is 0 Å². The summed E-state index contributed by atoms with van der Waals surface area (Å²) in [6.07, 6.45) is 5.48. The number of ether oxygens (including phenoxy) is 1. The fourth-order valence-corrected chi connectivity index (χ4v) is 2.65. The number of benzene rings is 1. The third-order valence-electron chi connectivity index (χ3n) is 3.89. The maximum Gasteiger partial charge on any atom is 0.339 e.